The summed E-state index contributed by atoms with van der Waals surface area (Å²) < 4.78 is 0. The quantitative estimate of drug-likeness (QED) is 0.687. The highest BCUT2D eigenvalue weighted by molar-refractivity contribution is 5.94. The molecular weight excluding hydrogens is 304 g/mol. The molecule has 0 aliphatic heterocycles. The highest BCUT2D eigenvalue weighted by Gasteiger charge is 2.36. The van der Waals surface area contributed by atoms with Crippen LogP contribution in [0.1, 0.15) is 35.2 Å². The average Bonchev–Trinajstić information content (AvgIpc) is 3.02. The Morgan fingerprint density at radius 2 is 2.00 bits per heavy atom. The number of hydrogen-bond acceptors (Lipinski definition) is 4. The van der Waals surface area contributed by atoms with Gasteiger partial charge in [-0.1, -0.05) is 18.2 Å². The van der Waals surface area contributed by atoms with Crippen LogP contribution < -0.4 is 5.32 Å². The number of carbonyl (C=O) groups is 1. The minimum atomic E-state index is -0.288. The van der Waals surface area contributed by atoms with Crippen LogP contribution in [0.25, 0.3) is 11.0 Å². The van der Waals surface area contributed by atoms with E-state index in [1.807, 2.05) is 42.5 Å². The van der Waals surface area contributed by atoms with Gasteiger partial charge < -0.3 is 15.4 Å². The zero-order chi connectivity index (χ0) is 16.5. The van der Waals surface area contributed by atoms with Crippen LogP contribution >= 0.6 is 0 Å². The molecule has 24 heavy (non-hydrogen) atoms. The fourth-order valence-corrected chi connectivity index (χ4v) is 3.17. The molecule has 0 radical (unpaired) electrons. The van der Waals surface area contributed by atoms with Crippen LogP contribution in [0, 0.1) is 5.92 Å². The number of amides is 1. The molecule has 122 valence electrons. The summed E-state index contributed by atoms with van der Waals surface area (Å²) in [5, 5.41) is 12.6. The zero-order valence-corrected chi connectivity index (χ0v) is 13.0. The molecule has 2 aromatic heterocycles. The summed E-state index contributed by atoms with van der Waals surface area (Å²) in [5.74, 6) is 0.212. The predicted octanol–water partition coefficient (Wildman–Crippen LogP) is 2.20. The number of nitrogens with one attached hydrogen (secondary N) is 2. The van der Waals surface area contributed by atoms with Gasteiger partial charge in [0.15, 0.2) is 5.82 Å². The molecule has 1 fully saturated rings. The van der Waals surface area contributed by atoms with E-state index < -0.39 is 0 Å². The number of fused-ring (bicyclic) bond motifs is 1. The number of aliphatic hydroxyl groups is 1. The van der Waals surface area contributed by atoms with Crippen molar-refractivity contribution >= 4 is 16.9 Å². The number of aromatic nitrogens is 3. The first kappa shape index (κ1) is 14.8. The lowest BCUT2D eigenvalue weighted by Gasteiger charge is -2.37. The van der Waals surface area contributed by atoms with E-state index in [9.17, 15) is 9.90 Å². The largest absolute Gasteiger partial charge is 0.393 e. The van der Waals surface area contributed by atoms with Crippen LogP contribution in [0.4, 0.5) is 0 Å². The van der Waals surface area contributed by atoms with Crippen molar-refractivity contribution in [1.29, 1.82) is 0 Å². The Morgan fingerprint density at radius 3 is 2.71 bits per heavy atom. The van der Waals surface area contributed by atoms with Gasteiger partial charge in [0.25, 0.3) is 5.91 Å². The van der Waals surface area contributed by atoms with E-state index in [2.05, 4.69) is 20.3 Å². The number of nitrogens with zero attached hydrogens (tertiary/aromatic N) is 2. The number of para-hydroxylation sites is 2. The van der Waals surface area contributed by atoms with E-state index in [4.69, 9.17) is 0 Å². The molecule has 6 nitrogen and oxygen atoms in total. The highest BCUT2D eigenvalue weighted by atomic mass is 16.3. The van der Waals surface area contributed by atoms with Crippen molar-refractivity contribution in [3.8, 4) is 0 Å². The van der Waals surface area contributed by atoms with E-state index in [0.29, 0.717) is 12.8 Å². The number of H-pyrrole nitrogens is 1. The van der Waals surface area contributed by atoms with Gasteiger partial charge in [0, 0.05) is 6.20 Å². The lowest BCUT2D eigenvalue weighted by molar-refractivity contribution is 0.0227. The number of imidazole rings is 1. The number of aliphatic hydroxyl groups excluding tert-OH is 1. The molecule has 0 unspecified atom stereocenters. The Balaban J connectivity index is 1.58. The summed E-state index contributed by atoms with van der Waals surface area (Å²) in [5.41, 5.74) is 2.39. The first-order valence-electron chi connectivity index (χ1n) is 8.05. The Hall–Kier alpha value is -2.73. The molecule has 3 aromatic rings. The molecular formula is C18H18N4O2. The molecule has 1 aliphatic rings. The third-order valence-electron chi connectivity index (χ3n) is 4.52. The van der Waals surface area contributed by atoms with Gasteiger partial charge in [-0.3, -0.25) is 9.78 Å². The van der Waals surface area contributed by atoms with Crippen molar-refractivity contribution in [2.24, 2.45) is 5.92 Å². The normalized spacial score (nSPS) is 21.2. The molecule has 1 amide bonds. The van der Waals surface area contributed by atoms with E-state index >= 15 is 0 Å². The fourth-order valence-electron chi connectivity index (χ4n) is 3.17. The monoisotopic (exact) mass is 322 g/mol. The molecule has 6 heteroatoms. The number of rotatable bonds is 4. The van der Waals surface area contributed by atoms with Gasteiger partial charge in [-0.05, 0) is 43.0 Å². The molecule has 2 heterocycles. The number of carbonyl (C=O) groups excluding carboxylic acids is 1. The maximum absolute atomic E-state index is 12.6. The van der Waals surface area contributed by atoms with Crippen LogP contribution in [0.2, 0.25) is 0 Å². The zero-order valence-electron chi connectivity index (χ0n) is 13.0. The van der Waals surface area contributed by atoms with Crippen LogP contribution in [0.15, 0.2) is 48.7 Å². The Morgan fingerprint density at radius 1 is 1.21 bits per heavy atom. The van der Waals surface area contributed by atoms with E-state index in [-0.39, 0.29) is 29.8 Å². The van der Waals surface area contributed by atoms with Crippen LogP contribution in [-0.2, 0) is 0 Å². The first-order valence-corrected chi connectivity index (χ1v) is 8.05. The average molecular weight is 322 g/mol. The van der Waals surface area contributed by atoms with E-state index in [1.54, 1.807) is 6.20 Å². The molecule has 0 saturated heterocycles. The van der Waals surface area contributed by atoms with Gasteiger partial charge >= 0.3 is 0 Å². The maximum atomic E-state index is 12.6. The molecule has 4 rings (SSSR count). The van der Waals surface area contributed by atoms with Crippen LogP contribution in [0.5, 0.6) is 0 Å². The SMILES string of the molecule is O=C(N[C@@H](c1ccccn1)C1CC(O)C1)c1nc2ccccc2[nH]1. The number of benzene rings is 1. The summed E-state index contributed by atoms with van der Waals surface area (Å²) in [6, 6.07) is 12.9. The molecule has 0 bridgehead atoms. The maximum Gasteiger partial charge on any atom is 0.287 e. The predicted molar refractivity (Wildman–Crippen MR) is 89.3 cm³/mol. The minimum Gasteiger partial charge on any atom is -0.393 e. The molecule has 0 spiro atoms. The molecule has 3 N–H and O–H groups in total. The van der Waals surface area contributed by atoms with Crippen molar-refractivity contribution < 1.29 is 9.90 Å². The van der Waals surface area contributed by atoms with Crippen molar-refractivity contribution in [3.63, 3.8) is 0 Å². The highest BCUT2D eigenvalue weighted by Crippen LogP contribution is 2.37. The second kappa shape index (κ2) is 6.05. The van der Waals surface area contributed by atoms with Gasteiger partial charge in [0.1, 0.15) is 0 Å². The third-order valence-corrected chi connectivity index (χ3v) is 4.52. The summed E-state index contributed by atoms with van der Waals surface area (Å²) >= 11 is 0. The first-order chi connectivity index (χ1) is 11.7. The Kier molecular flexibility index (Phi) is 3.74. The molecule has 1 aliphatic carbocycles. The van der Waals surface area contributed by atoms with E-state index in [0.717, 1.165) is 16.7 Å². The lowest BCUT2D eigenvalue weighted by Crippen LogP contribution is -2.42. The van der Waals surface area contributed by atoms with Crippen LogP contribution in [-0.4, -0.2) is 32.1 Å². The van der Waals surface area contributed by atoms with Crippen LogP contribution in [0.3, 0.4) is 0 Å². The van der Waals surface area contributed by atoms with Gasteiger partial charge in [0.2, 0.25) is 0 Å². The summed E-state index contributed by atoms with van der Waals surface area (Å²) in [6.07, 6.45) is 2.76. The standard InChI is InChI=1S/C18H18N4O2/c23-12-9-11(10-12)16(15-7-3-4-8-19-15)22-18(24)17-20-13-5-1-2-6-14(13)21-17/h1-8,11-12,16,23H,9-10H2,(H,20,21)(H,22,24)/t11?,12?,16-/m1/s1. The topological polar surface area (TPSA) is 90.9 Å². The summed E-state index contributed by atoms with van der Waals surface area (Å²) in [4.78, 5) is 24.4. The minimum absolute atomic E-state index is 0.184. The smallest absolute Gasteiger partial charge is 0.287 e. The Labute approximate surface area is 139 Å². The lowest BCUT2D eigenvalue weighted by atomic mass is 9.76. The molecule has 1 atom stereocenters. The Bertz CT molecular complexity index is 823. The number of hydrogen-bond donors (Lipinski definition) is 3. The molecule has 1 aromatic carbocycles. The van der Waals surface area contributed by atoms with Gasteiger partial charge in [-0.15, -0.1) is 0 Å². The van der Waals surface area contributed by atoms with Crippen molar-refractivity contribution in [2.45, 2.75) is 25.0 Å². The summed E-state index contributed by atoms with van der Waals surface area (Å²) in [7, 11) is 0. The summed E-state index contributed by atoms with van der Waals surface area (Å²) in [6.45, 7) is 0. The van der Waals surface area contributed by atoms with Gasteiger partial charge in [0.05, 0.1) is 28.9 Å². The van der Waals surface area contributed by atoms with Crippen molar-refractivity contribution in [2.75, 3.05) is 0 Å². The second-order valence-electron chi connectivity index (χ2n) is 6.19. The number of aromatic amines is 1. The fraction of sp³-hybridized carbons (Fsp3) is 0.278. The van der Waals surface area contributed by atoms with Crippen molar-refractivity contribution in [3.05, 3.63) is 60.2 Å². The third kappa shape index (κ3) is 2.76. The van der Waals surface area contributed by atoms with E-state index in [1.165, 1.54) is 0 Å². The second-order valence-corrected chi connectivity index (χ2v) is 6.19. The van der Waals surface area contributed by atoms with Gasteiger partial charge in [-0.2, -0.15) is 0 Å². The number of pyridine rings is 1. The van der Waals surface area contributed by atoms with Gasteiger partial charge in [-0.25, -0.2) is 4.98 Å². The van der Waals surface area contributed by atoms with Crippen molar-refractivity contribution in [1.82, 2.24) is 20.3 Å². The molecule has 1 saturated carbocycles.